The number of aliphatic hydroxyl groups excluding tert-OH is 1. The number of hydrogen-bond acceptors (Lipinski definition) is 7. The van der Waals surface area contributed by atoms with Gasteiger partial charge >= 0.3 is 5.97 Å². The smallest absolute Gasteiger partial charge is 0.312 e. The van der Waals surface area contributed by atoms with Crippen LogP contribution in [0.4, 0.5) is 11.4 Å². The molecular formula is C33H45N3O6. The maximum atomic E-state index is 14.7. The topological polar surface area (TPSA) is 99.6 Å². The van der Waals surface area contributed by atoms with Crippen LogP contribution in [0.25, 0.3) is 0 Å². The molecule has 228 valence electrons. The summed E-state index contributed by atoms with van der Waals surface area (Å²) in [5.41, 5.74) is 0.427. The SMILES string of the molecule is CCN(CC)c1ccc(N2CC=C[C@]34O[C@@H]5/C=C\CCCCOC(=O)[C@@H]5[C@H]3C(=O)N([C@@H](CO)CC(C)C)C4C2=O)cc1. The van der Waals surface area contributed by atoms with E-state index in [9.17, 15) is 19.5 Å². The summed E-state index contributed by atoms with van der Waals surface area (Å²) in [4.78, 5) is 48.1. The Hall–Kier alpha value is -3.17. The number of hydrogen-bond donors (Lipinski definition) is 1. The van der Waals surface area contributed by atoms with Gasteiger partial charge < -0.3 is 29.3 Å². The van der Waals surface area contributed by atoms with Crippen molar-refractivity contribution in [2.24, 2.45) is 17.8 Å². The van der Waals surface area contributed by atoms with Crippen LogP contribution in [0.2, 0.25) is 0 Å². The lowest BCUT2D eigenvalue weighted by Crippen LogP contribution is -2.58. The van der Waals surface area contributed by atoms with Gasteiger partial charge in [0.25, 0.3) is 5.91 Å². The average Bonchev–Trinajstić information content (AvgIpc) is 3.37. The van der Waals surface area contributed by atoms with Gasteiger partial charge in [0.2, 0.25) is 5.91 Å². The molecule has 4 heterocycles. The van der Waals surface area contributed by atoms with E-state index in [-0.39, 0.29) is 30.9 Å². The molecule has 1 aromatic rings. The van der Waals surface area contributed by atoms with Crippen molar-refractivity contribution in [3.05, 3.63) is 48.6 Å². The molecule has 4 aliphatic heterocycles. The van der Waals surface area contributed by atoms with Gasteiger partial charge in [-0.15, -0.1) is 0 Å². The van der Waals surface area contributed by atoms with Crippen LogP contribution in [0.15, 0.2) is 48.6 Å². The Morgan fingerprint density at radius 2 is 1.79 bits per heavy atom. The van der Waals surface area contributed by atoms with Crippen molar-refractivity contribution in [2.45, 2.75) is 77.2 Å². The van der Waals surface area contributed by atoms with Crippen LogP contribution in [-0.2, 0) is 23.9 Å². The number of ether oxygens (including phenoxy) is 2. The Morgan fingerprint density at radius 3 is 2.45 bits per heavy atom. The lowest BCUT2D eigenvalue weighted by atomic mass is 9.78. The number of likely N-dealkylation sites (tertiary alicyclic amines) is 1. The first-order chi connectivity index (χ1) is 20.3. The third kappa shape index (κ3) is 5.26. The van der Waals surface area contributed by atoms with Crippen LogP contribution in [0.3, 0.4) is 0 Å². The maximum absolute atomic E-state index is 14.7. The van der Waals surface area contributed by atoms with Gasteiger partial charge in [-0.2, -0.15) is 0 Å². The van der Waals surface area contributed by atoms with Crippen LogP contribution < -0.4 is 9.80 Å². The van der Waals surface area contributed by atoms with Gasteiger partial charge in [0.1, 0.15) is 17.6 Å². The number of aliphatic hydroxyl groups is 1. The first-order valence-corrected chi connectivity index (χ1v) is 15.6. The van der Waals surface area contributed by atoms with Crippen molar-refractivity contribution in [1.29, 1.82) is 0 Å². The number of esters is 1. The molecule has 9 heteroatoms. The number of allylic oxidation sites excluding steroid dienone is 1. The fourth-order valence-electron chi connectivity index (χ4n) is 7.23. The minimum atomic E-state index is -1.36. The van der Waals surface area contributed by atoms with Crippen molar-refractivity contribution < 1.29 is 29.0 Å². The van der Waals surface area contributed by atoms with E-state index < -0.39 is 41.6 Å². The Balaban J connectivity index is 1.59. The quantitative estimate of drug-likeness (QED) is 0.370. The predicted octanol–water partition coefficient (Wildman–Crippen LogP) is 3.71. The van der Waals surface area contributed by atoms with Gasteiger partial charge in [-0.3, -0.25) is 14.4 Å². The minimum absolute atomic E-state index is 0.168. The zero-order valence-electron chi connectivity index (χ0n) is 25.3. The van der Waals surface area contributed by atoms with E-state index >= 15 is 0 Å². The molecular weight excluding hydrogens is 534 g/mol. The first kappa shape index (κ1) is 30.3. The fourth-order valence-corrected chi connectivity index (χ4v) is 7.23. The largest absolute Gasteiger partial charge is 0.465 e. The van der Waals surface area contributed by atoms with Gasteiger partial charge in [-0.1, -0.05) is 38.2 Å². The van der Waals surface area contributed by atoms with Gasteiger partial charge in [0.05, 0.1) is 31.3 Å². The molecule has 5 rings (SSSR count). The molecule has 0 saturated carbocycles. The molecule has 0 bridgehead atoms. The van der Waals surface area contributed by atoms with Crippen LogP contribution in [-0.4, -0.2) is 84.4 Å². The summed E-state index contributed by atoms with van der Waals surface area (Å²) >= 11 is 0. The number of carbonyl (C=O) groups is 3. The number of rotatable bonds is 8. The highest BCUT2D eigenvalue weighted by atomic mass is 16.6. The molecule has 42 heavy (non-hydrogen) atoms. The highest BCUT2D eigenvalue weighted by Crippen LogP contribution is 2.54. The summed E-state index contributed by atoms with van der Waals surface area (Å²) in [5.74, 6) is -2.74. The normalized spacial score (nSPS) is 30.9. The number of benzene rings is 1. The fraction of sp³-hybridized carbons (Fsp3) is 0.606. The Labute approximate surface area is 249 Å². The third-order valence-electron chi connectivity index (χ3n) is 9.18. The van der Waals surface area contributed by atoms with E-state index in [1.807, 2.05) is 62.4 Å². The molecule has 2 saturated heterocycles. The van der Waals surface area contributed by atoms with Crippen molar-refractivity contribution in [1.82, 2.24) is 4.90 Å². The molecule has 0 aromatic heterocycles. The number of anilines is 2. The minimum Gasteiger partial charge on any atom is -0.465 e. The highest BCUT2D eigenvalue weighted by molar-refractivity contribution is 6.05. The molecule has 0 aliphatic carbocycles. The van der Waals surface area contributed by atoms with E-state index in [0.717, 1.165) is 38.0 Å². The highest BCUT2D eigenvalue weighted by Gasteiger charge is 2.72. The van der Waals surface area contributed by atoms with Gasteiger partial charge in [0.15, 0.2) is 0 Å². The number of fused-ring (bicyclic) bond motifs is 2. The van der Waals surface area contributed by atoms with Crippen LogP contribution in [0, 0.1) is 17.8 Å². The predicted molar refractivity (Wildman–Crippen MR) is 161 cm³/mol. The van der Waals surface area contributed by atoms with E-state index in [4.69, 9.17) is 9.47 Å². The van der Waals surface area contributed by atoms with E-state index in [0.29, 0.717) is 18.7 Å². The van der Waals surface area contributed by atoms with Crippen LogP contribution >= 0.6 is 0 Å². The zero-order valence-corrected chi connectivity index (χ0v) is 25.3. The molecule has 9 nitrogen and oxygen atoms in total. The number of nitrogens with zero attached hydrogens (tertiary/aromatic N) is 3. The molecule has 1 unspecified atom stereocenters. The number of amides is 2. The summed E-state index contributed by atoms with van der Waals surface area (Å²) in [6.07, 6.45) is 9.85. The molecule has 4 aliphatic rings. The molecule has 6 atom stereocenters. The van der Waals surface area contributed by atoms with Gasteiger partial charge in [-0.25, -0.2) is 0 Å². The summed E-state index contributed by atoms with van der Waals surface area (Å²) in [6.45, 7) is 10.3. The van der Waals surface area contributed by atoms with E-state index in [2.05, 4.69) is 18.7 Å². The van der Waals surface area contributed by atoms with Gasteiger partial charge in [0, 0.05) is 31.0 Å². The maximum Gasteiger partial charge on any atom is 0.312 e. The molecule has 1 N–H and O–H groups in total. The molecule has 2 amide bonds. The van der Waals surface area contributed by atoms with Crippen LogP contribution in [0.1, 0.15) is 53.4 Å². The van der Waals surface area contributed by atoms with Crippen molar-refractivity contribution in [3.8, 4) is 0 Å². The Morgan fingerprint density at radius 1 is 1.05 bits per heavy atom. The van der Waals surface area contributed by atoms with E-state index in [1.165, 1.54) is 4.90 Å². The average molecular weight is 580 g/mol. The lowest BCUT2D eigenvalue weighted by Gasteiger charge is -2.39. The summed E-state index contributed by atoms with van der Waals surface area (Å²) < 4.78 is 12.4. The third-order valence-corrected chi connectivity index (χ3v) is 9.18. The molecule has 1 aromatic carbocycles. The second-order valence-electron chi connectivity index (χ2n) is 12.2. The van der Waals surface area contributed by atoms with E-state index in [1.54, 1.807) is 4.90 Å². The zero-order chi connectivity index (χ0) is 30.0. The van der Waals surface area contributed by atoms with Crippen molar-refractivity contribution in [3.63, 3.8) is 0 Å². The lowest BCUT2D eigenvalue weighted by molar-refractivity contribution is -0.155. The second-order valence-corrected chi connectivity index (χ2v) is 12.2. The Bertz CT molecular complexity index is 1210. The number of cyclic esters (lactones) is 1. The Kier molecular flexibility index (Phi) is 9.08. The monoisotopic (exact) mass is 579 g/mol. The summed E-state index contributed by atoms with van der Waals surface area (Å²) in [7, 11) is 0. The second kappa shape index (κ2) is 12.6. The summed E-state index contributed by atoms with van der Waals surface area (Å²) in [6, 6.07) is 6.26. The van der Waals surface area contributed by atoms with Crippen molar-refractivity contribution >= 4 is 29.2 Å². The van der Waals surface area contributed by atoms with Crippen molar-refractivity contribution in [2.75, 3.05) is 42.6 Å². The summed E-state index contributed by atoms with van der Waals surface area (Å²) in [5, 5.41) is 10.5. The van der Waals surface area contributed by atoms with Crippen LogP contribution in [0.5, 0.6) is 0 Å². The molecule has 2 fully saturated rings. The standard InChI is InChI=1S/C33H45N3O6/c1-5-34(6-2)23-13-15-24(16-14-23)35-18-11-17-33-28(27-26(42-33)12-9-7-8-10-19-41-32(27)40)30(38)36(29(33)31(35)39)25(21-37)20-22(3)4/h9,11-17,22,25-29,37H,5-8,10,18-21H2,1-4H3/b12-9-/t25-,26-,27+,28+,29?,33+/m1/s1. The molecule has 1 spiro atoms. The molecule has 0 radical (unpaired) electrons. The first-order valence-electron chi connectivity index (χ1n) is 15.6. The number of carbonyl (C=O) groups excluding carboxylic acids is 3. The van der Waals surface area contributed by atoms with Gasteiger partial charge in [-0.05, 0) is 69.7 Å².